The third kappa shape index (κ3) is 3.82. The summed E-state index contributed by atoms with van der Waals surface area (Å²) in [5.41, 5.74) is -3.12. The van der Waals surface area contributed by atoms with E-state index in [1.165, 1.54) is 24.3 Å². The molecule has 3 rings (SSSR count). The van der Waals surface area contributed by atoms with Gasteiger partial charge in [-0.3, -0.25) is 4.79 Å². The molecule has 0 unspecified atom stereocenters. The fourth-order valence-corrected chi connectivity index (χ4v) is 2.10. The third-order valence-electron chi connectivity index (χ3n) is 3.30. The van der Waals surface area contributed by atoms with Gasteiger partial charge in [-0.2, -0.15) is 18.3 Å². The molecule has 3 aromatic rings. The van der Waals surface area contributed by atoms with Gasteiger partial charge >= 0.3 is 6.18 Å². The molecule has 0 atom stereocenters. The van der Waals surface area contributed by atoms with Crippen LogP contribution < -0.4 is 5.56 Å². The van der Waals surface area contributed by atoms with Crippen LogP contribution in [0.4, 0.5) is 28.9 Å². The van der Waals surface area contributed by atoms with Crippen molar-refractivity contribution in [2.24, 2.45) is 10.2 Å². The Balaban J connectivity index is 2.11. The normalized spacial score (nSPS) is 11.8. The van der Waals surface area contributed by atoms with Crippen LogP contribution in [0.2, 0.25) is 0 Å². The monoisotopic (exact) mass is 362 g/mol. The largest absolute Gasteiger partial charge is 0.435 e. The van der Waals surface area contributed by atoms with Crippen molar-refractivity contribution in [1.29, 1.82) is 0 Å². The van der Waals surface area contributed by atoms with Gasteiger partial charge in [0.25, 0.3) is 5.56 Å². The van der Waals surface area contributed by atoms with Crippen molar-refractivity contribution in [3.8, 4) is 11.4 Å². The van der Waals surface area contributed by atoms with E-state index in [9.17, 15) is 22.4 Å². The lowest BCUT2D eigenvalue weighted by Gasteiger charge is -2.10. The van der Waals surface area contributed by atoms with E-state index in [0.717, 1.165) is 12.1 Å². The van der Waals surface area contributed by atoms with Crippen molar-refractivity contribution in [3.05, 3.63) is 76.5 Å². The zero-order valence-corrected chi connectivity index (χ0v) is 13.0. The number of benzene rings is 2. The highest BCUT2D eigenvalue weighted by atomic mass is 19.4. The summed E-state index contributed by atoms with van der Waals surface area (Å²) in [6.07, 6.45) is -4.92. The minimum absolute atomic E-state index is 0.126. The Labute approximate surface area is 144 Å². The maximum atomic E-state index is 13.3. The lowest BCUT2D eigenvalue weighted by Crippen LogP contribution is -2.18. The number of halogens is 4. The van der Waals surface area contributed by atoms with Crippen LogP contribution in [0.5, 0.6) is 0 Å². The highest BCUT2D eigenvalue weighted by Gasteiger charge is 2.38. The van der Waals surface area contributed by atoms with Crippen molar-refractivity contribution >= 4 is 11.4 Å². The van der Waals surface area contributed by atoms with E-state index in [1.807, 2.05) is 0 Å². The number of alkyl halides is 3. The average molecular weight is 362 g/mol. The van der Waals surface area contributed by atoms with Crippen molar-refractivity contribution in [1.82, 2.24) is 9.97 Å². The van der Waals surface area contributed by atoms with Gasteiger partial charge < -0.3 is 4.98 Å². The summed E-state index contributed by atoms with van der Waals surface area (Å²) in [5.74, 6) is -0.915. The van der Waals surface area contributed by atoms with Gasteiger partial charge in [0.1, 0.15) is 11.6 Å². The second-order valence-corrected chi connectivity index (χ2v) is 5.15. The molecule has 9 heteroatoms. The van der Waals surface area contributed by atoms with Crippen LogP contribution in [0, 0.1) is 5.82 Å². The van der Waals surface area contributed by atoms with Crippen LogP contribution in [0.1, 0.15) is 5.69 Å². The predicted octanol–water partition coefficient (Wildman–Crippen LogP) is 5.01. The summed E-state index contributed by atoms with van der Waals surface area (Å²) in [6.45, 7) is 0. The van der Waals surface area contributed by atoms with Crippen LogP contribution in [0.25, 0.3) is 11.4 Å². The van der Waals surface area contributed by atoms with E-state index in [1.54, 1.807) is 18.2 Å². The molecule has 2 aromatic carbocycles. The fourth-order valence-electron chi connectivity index (χ4n) is 2.10. The summed E-state index contributed by atoms with van der Waals surface area (Å²) in [4.78, 5) is 17.8. The average Bonchev–Trinajstić information content (AvgIpc) is 2.61. The molecule has 0 saturated carbocycles. The van der Waals surface area contributed by atoms with E-state index < -0.39 is 28.9 Å². The molecule has 0 aliphatic carbocycles. The molecule has 0 aliphatic rings. The minimum atomic E-state index is -4.92. The second kappa shape index (κ2) is 6.87. The molecule has 0 bridgehead atoms. The molecule has 1 heterocycles. The molecular formula is C17H10F4N4O. The molecular weight excluding hydrogens is 352 g/mol. The molecule has 0 radical (unpaired) electrons. The van der Waals surface area contributed by atoms with Gasteiger partial charge in [-0.05, 0) is 36.4 Å². The molecule has 0 amide bonds. The first-order valence-corrected chi connectivity index (χ1v) is 7.29. The lowest BCUT2D eigenvalue weighted by molar-refractivity contribution is -0.140. The Morgan fingerprint density at radius 1 is 0.923 bits per heavy atom. The van der Waals surface area contributed by atoms with Gasteiger partial charge in [0, 0.05) is 5.56 Å². The number of nitrogens with one attached hydrogen (secondary N) is 1. The first-order valence-electron chi connectivity index (χ1n) is 7.29. The zero-order chi connectivity index (χ0) is 18.7. The minimum Gasteiger partial charge on any atom is -0.305 e. The highest BCUT2D eigenvalue weighted by molar-refractivity contribution is 5.57. The standard InChI is InChI=1S/C17H10F4N4O/c18-11-8-6-10(7-9-11)15-22-14(17(19,20)21)13(16(26)23-15)25-24-12-4-2-1-3-5-12/h1-9H,(H,22,23,26). The molecule has 0 saturated heterocycles. The van der Waals surface area contributed by atoms with E-state index in [0.29, 0.717) is 0 Å². The van der Waals surface area contributed by atoms with E-state index >= 15 is 0 Å². The van der Waals surface area contributed by atoms with E-state index in [2.05, 4.69) is 20.2 Å². The van der Waals surface area contributed by atoms with Gasteiger partial charge in [-0.1, -0.05) is 18.2 Å². The fraction of sp³-hybridized carbons (Fsp3) is 0.0588. The molecule has 0 spiro atoms. The van der Waals surface area contributed by atoms with Gasteiger partial charge in [0.05, 0.1) is 5.69 Å². The maximum absolute atomic E-state index is 13.3. The summed E-state index contributed by atoms with van der Waals surface area (Å²) in [5, 5.41) is 7.07. The number of hydrogen-bond donors (Lipinski definition) is 1. The van der Waals surface area contributed by atoms with Crippen LogP contribution in [-0.4, -0.2) is 9.97 Å². The molecule has 1 N–H and O–H groups in total. The Hall–Kier alpha value is -3.36. The number of aromatic nitrogens is 2. The molecule has 1 aromatic heterocycles. The highest BCUT2D eigenvalue weighted by Crippen LogP contribution is 2.34. The summed E-state index contributed by atoms with van der Waals surface area (Å²) in [7, 11) is 0. The molecule has 26 heavy (non-hydrogen) atoms. The second-order valence-electron chi connectivity index (χ2n) is 5.15. The van der Waals surface area contributed by atoms with E-state index in [-0.39, 0.29) is 17.1 Å². The molecule has 132 valence electrons. The Morgan fingerprint density at radius 2 is 1.58 bits per heavy atom. The number of hydrogen-bond acceptors (Lipinski definition) is 4. The van der Waals surface area contributed by atoms with Gasteiger partial charge in [-0.15, -0.1) is 5.11 Å². The summed E-state index contributed by atoms with van der Waals surface area (Å²) >= 11 is 0. The molecule has 5 nitrogen and oxygen atoms in total. The smallest absolute Gasteiger partial charge is 0.305 e. The number of rotatable bonds is 3. The van der Waals surface area contributed by atoms with Crippen LogP contribution >= 0.6 is 0 Å². The first-order chi connectivity index (χ1) is 12.3. The Morgan fingerprint density at radius 3 is 2.19 bits per heavy atom. The van der Waals surface area contributed by atoms with Crippen LogP contribution in [-0.2, 0) is 6.18 Å². The van der Waals surface area contributed by atoms with E-state index in [4.69, 9.17) is 0 Å². The summed E-state index contributed by atoms with van der Waals surface area (Å²) < 4.78 is 53.0. The lowest BCUT2D eigenvalue weighted by atomic mass is 10.2. The van der Waals surface area contributed by atoms with Crippen LogP contribution in [0.3, 0.4) is 0 Å². The number of nitrogens with zero attached hydrogens (tertiary/aromatic N) is 3. The quantitative estimate of drug-likeness (QED) is 0.525. The SMILES string of the molecule is O=c1[nH]c(-c2ccc(F)cc2)nc(C(F)(F)F)c1N=Nc1ccccc1. The van der Waals surface area contributed by atoms with Gasteiger partial charge in [-0.25, -0.2) is 9.37 Å². The maximum Gasteiger partial charge on any atom is 0.435 e. The Bertz CT molecular complexity index is 996. The first kappa shape index (κ1) is 17.5. The van der Waals surface area contributed by atoms with Crippen molar-refractivity contribution in [2.45, 2.75) is 6.18 Å². The van der Waals surface area contributed by atoms with Crippen molar-refractivity contribution in [2.75, 3.05) is 0 Å². The van der Waals surface area contributed by atoms with Crippen LogP contribution in [0.15, 0.2) is 69.6 Å². The predicted molar refractivity (Wildman–Crippen MR) is 85.9 cm³/mol. The Kier molecular flexibility index (Phi) is 4.61. The summed E-state index contributed by atoms with van der Waals surface area (Å²) in [6, 6.07) is 12.5. The molecule has 0 aliphatic heterocycles. The number of H-pyrrole nitrogens is 1. The third-order valence-corrected chi connectivity index (χ3v) is 3.30. The number of aromatic amines is 1. The van der Waals surface area contributed by atoms with Crippen molar-refractivity contribution in [3.63, 3.8) is 0 Å². The zero-order valence-electron chi connectivity index (χ0n) is 13.0. The van der Waals surface area contributed by atoms with Gasteiger partial charge in [0.15, 0.2) is 11.4 Å². The molecule has 0 fully saturated rings. The van der Waals surface area contributed by atoms with Crippen molar-refractivity contribution < 1.29 is 17.6 Å². The topological polar surface area (TPSA) is 70.5 Å². The van der Waals surface area contributed by atoms with Gasteiger partial charge in [0.2, 0.25) is 0 Å². The number of azo groups is 1.